The van der Waals surface area contributed by atoms with Crippen LogP contribution in [0.3, 0.4) is 0 Å². The van der Waals surface area contributed by atoms with Gasteiger partial charge in [-0.05, 0) is 30.4 Å². The summed E-state index contributed by atoms with van der Waals surface area (Å²) in [5, 5.41) is 25.5. The van der Waals surface area contributed by atoms with Gasteiger partial charge in [-0.3, -0.25) is 14.4 Å². The van der Waals surface area contributed by atoms with E-state index in [1.807, 2.05) is 0 Å². The van der Waals surface area contributed by atoms with E-state index in [1.165, 1.54) is 11.0 Å². The van der Waals surface area contributed by atoms with Gasteiger partial charge in [0.05, 0.1) is 6.10 Å². The lowest BCUT2D eigenvalue weighted by Crippen LogP contribution is -2.59. The van der Waals surface area contributed by atoms with Crippen LogP contribution in [-0.2, 0) is 20.9 Å². The predicted octanol–water partition coefficient (Wildman–Crippen LogP) is 0.984. The SMILES string of the molecule is C#Cc1ccc(CNC(=O)[C@@H]2C[C@@H](O)CN2C(=O)[C@@H](NC(=O)C2(F)CC2)C(C)(C)C)c(O)c1. The number of phenolic OH excluding ortho intramolecular Hbond substituents is 1. The summed E-state index contributed by atoms with van der Waals surface area (Å²) in [4.78, 5) is 39.8. The Morgan fingerprint density at radius 2 is 2.00 bits per heavy atom. The van der Waals surface area contributed by atoms with Gasteiger partial charge in [-0.2, -0.15) is 0 Å². The first-order valence-electron chi connectivity index (χ1n) is 10.9. The molecule has 3 atom stereocenters. The minimum Gasteiger partial charge on any atom is -0.508 e. The molecule has 8 nitrogen and oxygen atoms in total. The standard InChI is InChI=1S/C24H30FN3O5/c1-5-14-6-7-15(18(30)10-14)12-26-20(31)17-11-16(29)13-28(17)21(32)19(23(2,3)4)27-22(33)24(25)8-9-24/h1,6-7,10,16-17,19,29-30H,8-9,11-13H2,2-4H3,(H,26,31)(H,27,33)/t16-,17+,19-/m1/s1. The van der Waals surface area contributed by atoms with Crippen LogP contribution >= 0.6 is 0 Å². The molecule has 0 unspecified atom stereocenters. The topological polar surface area (TPSA) is 119 Å². The predicted molar refractivity (Wildman–Crippen MR) is 118 cm³/mol. The fourth-order valence-corrected chi connectivity index (χ4v) is 3.82. The van der Waals surface area contributed by atoms with E-state index in [0.717, 1.165) is 0 Å². The van der Waals surface area contributed by atoms with Gasteiger partial charge in [0.1, 0.15) is 17.8 Å². The van der Waals surface area contributed by atoms with Gasteiger partial charge in [0, 0.05) is 30.6 Å². The fraction of sp³-hybridized carbons (Fsp3) is 0.542. The van der Waals surface area contributed by atoms with E-state index >= 15 is 0 Å². The second-order valence-corrected chi connectivity index (χ2v) is 9.84. The molecule has 0 radical (unpaired) electrons. The summed E-state index contributed by atoms with van der Waals surface area (Å²) in [6, 6.07) is 2.59. The smallest absolute Gasteiger partial charge is 0.258 e. The lowest BCUT2D eigenvalue weighted by atomic mass is 9.85. The number of amides is 3. The maximum Gasteiger partial charge on any atom is 0.258 e. The molecule has 0 spiro atoms. The molecule has 2 fully saturated rings. The number of β-amino-alcohol motifs (C(OH)–C–C–N with tert-alkyl or cyclic N) is 1. The Morgan fingerprint density at radius 1 is 1.33 bits per heavy atom. The number of aliphatic hydroxyl groups excluding tert-OH is 1. The van der Waals surface area contributed by atoms with Crippen LogP contribution in [0.4, 0.5) is 4.39 Å². The molecule has 2 aliphatic rings. The number of halogens is 1. The summed E-state index contributed by atoms with van der Waals surface area (Å²) in [6.45, 7) is 5.11. The highest BCUT2D eigenvalue weighted by molar-refractivity contribution is 5.95. The van der Waals surface area contributed by atoms with Crippen molar-refractivity contribution in [2.75, 3.05) is 6.54 Å². The van der Waals surface area contributed by atoms with Crippen LogP contribution in [0, 0.1) is 17.8 Å². The van der Waals surface area contributed by atoms with E-state index in [9.17, 15) is 29.0 Å². The number of carbonyl (C=O) groups is 3. The van der Waals surface area contributed by atoms with E-state index in [0.29, 0.717) is 11.1 Å². The number of hydrogen-bond acceptors (Lipinski definition) is 5. The van der Waals surface area contributed by atoms with Crippen LogP contribution in [0.1, 0.15) is 51.2 Å². The van der Waals surface area contributed by atoms with Crippen LogP contribution < -0.4 is 10.6 Å². The number of carbonyl (C=O) groups excluding carboxylic acids is 3. The molecule has 1 aliphatic heterocycles. The quantitative estimate of drug-likeness (QED) is 0.473. The molecule has 9 heteroatoms. The van der Waals surface area contributed by atoms with E-state index in [1.54, 1.807) is 32.9 Å². The summed E-state index contributed by atoms with van der Waals surface area (Å²) < 4.78 is 14.2. The van der Waals surface area contributed by atoms with Gasteiger partial charge in [-0.25, -0.2) is 4.39 Å². The molecule has 1 aliphatic carbocycles. The monoisotopic (exact) mass is 459 g/mol. The molecule has 1 heterocycles. The zero-order chi connectivity index (χ0) is 24.6. The van der Waals surface area contributed by atoms with Gasteiger partial charge in [-0.1, -0.05) is 32.8 Å². The molecular weight excluding hydrogens is 429 g/mol. The maximum atomic E-state index is 14.2. The summed E-state index contributed by atoms with van der Waals surface area (Å²) in [7, 11) is 0. The number of benzene rings is 1. The Bertz CT molecular complexity index is 993. The van der Waals surface area contributed by atoms with Crippen molar-refractivity contribution in [3.63, 3.8) is 0 Å². The third-order valence-corrected chi connectivity index (χ3v) is 6.05. The zero-order valence-electron chi connectivity index (χ0n) is 19.0. The minimum atomic E-state index is -1.94. The largest absolute Gasteiger partial charge is 0.508 e. The van der Waals surface area contributed by atoms with Gasteiger partial charge in [0.15, 0.2) is 5.67 Å². The van der Waals surface area contributed by atoms with Crippen LogP contribution in [-0.4, -0.2) is 63.2 Å². The first-order valence-corrected chi connectivity index (χ1v) is 10.9. The highest BCUT2D eigenvalue weighted by Gasteiger charge is 2.53. The number of terminal acetylenes is 1. The number of nitrogens with zero attached hydrogens (tertiary/aromatic N) is 1. The molecule has 1 aromatic carbocycles. The highest BCUT2D eigenvalue weighted by atomic mass is 19.1. The normalized spacial score (nSPS) is 22.2. The number of aliphatic hydroxyl groups is 1. The Labute approximate surface area is 192 Å². The number of aromatic hydroxyl groups is 1. The Balaban J connectivity index is 1.72. The summed E-state index contributed by atoms with van der Waals surface area (Å²) in [5.41, 5.74) is -1.76. The molecule has 0 aromatic heterocycles. The number of phenols is 1. The van der Waals surface area contributed by atoms with E-state index < -0.39 is 47.0 Å². The van der Waals surface area contributed by atoms with Crippen LogP contribution in [0.5, 0.6) is 5.75 Å². The minimum absolute atomic E-state index is 0.00600. The van der Waals surface area contributed by atoms with Gasteiger partial charge >= 0.3 is 0 Å². The molecular formula is C24H30FN3O5. The fourth-order valence-electron chi connectivity index (χ4n) is 3.82. The van der Waals surface area contributed by atoms with Gasteiger partial charge < -0.3 is 25.7 Å². The summed E-state index contributed by atoms with van der Waals surface area (Å²) >= 11 is 0. The second kappa shape index (κ2) is 9.02. The van der Waals surface area contributed by atoms with Crippen molar-refractivity contribution in [3.05, 3.63) is 29.3 Å². The number of alkyl halides is 1. The molecule has 1 aromatic rings. The van der Waals surface area contributed by atoms with Crippen molar-refractivity contribution in [2.24, 2.45) is 5.41 Å². The molecule has 1 saturated carbocycles. The van der Waals surface area contributed by atoms with Crippen molar-refractivity contribution in [1.29, 1.82) is 0 Å². The van der Waals surface area contributed by atoms with Crippen LogP contribution in [0.15, 0.2) is 18.2 Å². The van der Waals surface area contributed by atoms with Gasteiger partial charge in [0.2, 0.25) is 11.8 Å². The zero-order valence-corrected chi connectivity index (χ0v) is 19.0. The van der Waals surface area contributed by atoms with Crippen LogP contribution in [0.2, 0.25) is 0 Å². The molecule has 1 saturated heterocycles. The second-order valence-electron chi connectivity index (χ2n) is 9.84. The van der Waals surface area contributed by atoms with E-state index in [-0.39, 0.29) is 38.1 Å². The van der Waals surface area contributed by atoms with Gasteiger partial charge in [0.25, 0.3) is 5.91 Å². The third-order valence-electron chi connectivity index (χ3n) is 6.05. The van der Waals surface area contributed by atoms with Crippen molar-refractivity contribution in [2.45, 2.75) is 70.4 Å². The maximum absolute atomic E-state index is 14.2. The molecule has 178 valence electrons. The number of hydrogen-bond donors (Lipinski definition) is 4. The molecule has 4 N–H and O–H groups in total. The third kappa shape index (κ3) is 5.45. The molecule has 33 heavy (non-hydrogen) atoms. The highest BCUT2D eigenvalue weighted by Crippen LogP contribution is 2.40. The van der Waals surface area contributed by atoms with Crippen molar-refractivity contribution in [1.82, 2.24) is 15.5 Å². The molecule has 3 rings (SSSR count). The molecule has 3 amide bonds. The lowest BCUT2D eigenvalue weighted by Gasteiger charge is -2.35. The van der Waals surface area contributed by atoms with Crippen molar-refractivity contribution < 1.29 is 29.0 Å². The Morgan fingerprint density at radius 3 is 2.55 bits per heavy atom. The van der Waals surface area contributed by atoms with E-state index in [4.69, 9.17) is 6.42 Å². The lowest BCUT2D eigenvalue weighted by molar-refractivity contribution is -0.145. The van der Waals surface area contributed by atoms with Crippen molar-refractivity contribution >= 4 is 17.7 Å². The first kappa shape index (κ1) is 24.5. The summed E-state index contributed by atoms with van der Waals surface area (Å²) in [6.07, 6.45) is 4.65. The van der Waals surface area contributed by atoms with Crippen LogP contribution in [0.25, 0.3) is 0 Å². The number of likely N-dealkylation sites (tertiary alicyclic amines) is 1. The molecule has 0 bridgehead atoms. The number of nitrogens with one attached hydrogen (secondary N) is 2. The average Bonchev–Trinajstić information content (AvgIpc) is 3.38. The van der Waals surface area contributed by atoms with E-state index in [2.05, 4.69) is 16.6 Å². The Kier molecular flexibility index (Phi) is 6.70. The van der Waals surface area contributed by atoms with Crippen molar-refractivity contribution in [3.8, 4) is 18.1 Å². The summed E-state index contributed by atoms with van der Waals surface area (Å²) in [5.74, 6) is 0.436. The average molecular weight is 460 g/mol. The number of rotatable bonds is 6. The van der Waals surface area contributed by atoms with Gasteiger partial charge in [-0.15, -0.1) is 6.42 Å². The Hall–Kier alpha value is -3.12. The first-order chi connectivity index (χ1) is 15.4.